The number of hydrogen-bond acceptors (Lipinski definition) is 5. The number of carbonyl (C=O) groups excluding carboxylic acids is 2. The summed E-state index contributed by atoms with van der Waals surface area (Å²) in [6.45, 7) is 6.08. The van der Waals surface area contributed by atoms with Crippen molar-refractivity contribution in [2.24, 2.45) is 0 Å². The van der Waals surface area contributed by atoms with Gasteiger partial charge in [0.2, 0.25) is 0 Å². The SMILES string of the molecule is COc1ccc(CN2C(=O)C(Nc3ccc(OC(C)C)cc3)=C(c3ccc(C)cc3)C2=O)cc1. The Morgan fingerprint density at radius 1 is 0.824 bits per heavy atom. The third kappa shape index (κ3) is 4.96. The van der Waals surface area contributed by atoms with Crippen LogP contribution >= 0.6 is 0 Å². The number of amides is 2. The van der Waals surface area contributed by atoms with Gasteiger partial charge < -0.3 is 14.8 Å². The largest absolute Gasteiger partial charge is 0.497 e. The minimum absolute atomic E-state index is 0.0650. The smallest absolute Gasteiger partial charge is 0.278 e. The van der Waals surface area contributed by atoms with Crippen LogP contribution in [0.3, 0.4) is 0 Å². The van der Waals surface area contributed by atoms with Gasteiger partial charge in [0.15, 0.2) is 0 Å². The van der Waals surface area contributed by atoms with Gasteiger partial charge in [-0.05, 0) is 68.3 Å². The Hall–Kier alpha value is -4.06. The van der Waals surface area contributed by atoms with Crippen LogP contribution in [0.1, 0.15) is 30.5 Å². The van der Waals surface area contributed by atoms with Crippen LogP contribution in [0.2, 0.25) is 0 Å². The molecule has 0 spiro atoms. The Kier molecular flexibility index (Phi) is 6.68. The zero-order chi connectivity index (χ0) is 24.2. The molecule has 1 aliphatic heterocycles. The highest BCUT2D eigenvalue weighted by Gasteiger charge is 2.39. The highest BCUT2D eigenvalue weighted by molar-refractivity contribution is 6.36. The van der Waals surface area contributed by atoms with Gasteiger partial charge in [-0.3, -0.25) is 14.5 Å². The summed E-state index contributed by atoms with van der Waals surface area (Å²) in [6.07, 6.45) is 0.0650. The Bertz CT molecular complexity index is 1210. The number of benzene rings is 3. The van der Waals surface area contributed by atoms with E-state index in [0.717, 1.165) is 16.9 Å². The minimum atomic E-state index is -0.362. The lowest BCUT2D eigenvalue weighted by Gasteiger charge is -2.16. The standard InChI is InChI=1S/C28H28N2O4/c1-18(2)34-24-15-11-22(12-16-24)29-26-25(21-9-5-19(3)6-10-21)27(31)30(28(26)32)17-20-7-13-23(33-4)14-8-20/h5-16,18,29H,17H2,1-4H3. The summed E-state index contributed by atoms with van der Waals surface area (Å²) in [5.74, 6) is 0.766. The van der Waals surface area contributed by atoms with E-state index >= 15 is 0 Å². The van der Waals surface area contributed by atoms with Crippen molar-refractivity contribution in [1.29, 1.82) is 0 Å². The number of methoxy groups -OCH3 is 1. The van der Waals surface area contributed by atoms with Crippen molar-refractivity contribution in [2.75, 3.05) is 12.4 Å². The topological polar surface area (TPSA) is 67.9 Å². The highest BCUT2D eigenvalue weighted by atomic mass is 16.5. The average molecular weight is 457 g/mol. The van der Waals surface area contributed by atoms with Gasteiger partial charge in [-0.1, -0.05) is 42.0 Å². The molecule has 0 saturated heterocycles. The van der Waals surface area contributed by atoms with Crippen LogP contribution in [0.15, 0.2) is 78.5 Å². The number of hydrogen-bond donors (Lipinski definition) is 1. The fraction of sp³-hybridized carbons (Fsp3) is 0.214. The molecule has 6 heteroatoms. The van der Waals surface area contributed by atoms with E-state index in [4.69, 9.17) is 9.47 Å². The molecule has 1 N–H and O–H groups in total. The molecule has 0 atom stereocenters. The van der Waals surface area contributed by atoms with Crippen molar-refractivity contribution in [1.82, 2.24) is 4.90 Å². The molecule has 0 saturated carbocycles. The molecular formula is C28H28N2O4. The fourth-order valence-electron chi connectivity index (χ4n) is 3.77. The Morgan fingerprint density at radius 3 is 2.03 bits per heavy atom. The van der Waals surface area contributed by atoms with E-state index in [1.807, 2.05) is 93.6 Å². The molecule has 3 aromatic rings. The number of nitrogens with one attached hydrogen (secondary N) is 1. The lowest BCUT2D eigenvalue weighted by atomic mass is 10.0. The van der Waals surface area contributed by atoms with E-state index in [0.29, 0.717) is 22.6 Å². The Labute approximate surface area is 199 Å². The molecule has 174 valence electrons. The van der Waals surface area contributed by atoms with Crippen molar-refractivity contribution < 1.29 is 19.1 Å². The number of ether oxygens (including phenoxy) is 2. The van der Waals surface area contributed by atoms with Gasteiger partial charge in [-0.25, -0.2) is 0 Å². The highest BCUT2D eigenvalue weighted by Crippen LogP contribution is 2.32. The number of anilines is 1. The first-order valence-electron chi connectivity index (χ1n) is 11.2. The van der Waals surface area contributed by atoms with E-state index in [1.165, 1.54) is 4.90 Å². The van der Waals surface area contributed by atoms with Crippen LogP contribution in [0.25, 0.3) is 5.57 Å². The first-order valence-corrected chi connectivity index (χ1v) is 11.2. The summed E-state index contributed by atoms with van der Waals surface area (Å²) in [4.78, 5) is 28.2. The number of rotatable bonds is 8. The summed E-state index contributed by atoms with van der Waals surface area (Å²) < 4.78 is 10.9. The van der Waals surface area contributed by atoms with Gasteiger partial charge in [0, 0.05) is 5.69 Å². The maximum atomic E-state index is 13.5. The molecule has 0 fully saturated rings. The second kappa shape index (κ2) is 9.83. The quantitative estimate of drug-likeness (QED) is 0.473. The minimum Gasteiger partial charge on any atom is -0.497 e. The number of nitrogens with zero attached hydrogens (tertiary/aromatic N) is 1. The maximum absolute atomic E-state index is 13.5. The van der Waals surface area contributed by atoms with Crippen LogP contribution < -0.4 is 14.8 Å². The van der Waals surface area contributed by atoms with Crippen molar-refractivity contribution in [3.8, 4) is 11.5 Å². The van der Waals surface area contributed by atoms with E-state index < -0.39 is 0 Å². The number of aryl methyl sites for hydroxylation is 1. The second-order valence-electron chi connectivity index (χ2n) is 8.48. The van der Waals surface area contributed by atoms with Crippen molar-refractivity contribution >= 4 is 23.1 Å². The third-order valence-corrected chi connectivity index (χ3v) is 5.50. The summed E-state index contributed by atoms with van der Waals surface area (Å²) in [7, 11) is 1.60. The molecule has 0 bridgehead atoms. The predicted octanol–water partition coefficient (Wildman–Crippen LogP) is 5.18. The average Bonchev–Trinajstić information content (AvgIpc) is 3.05. The van der Waals surface area contributed by atoms with E-state index in [2.05, 4.69) is 5.32 Å². The number of imide groups is 1. The van der Waals surface area contributed by atoms with Gasteiger partial charge in [0.1, 0.15) is 17.2 Å². The molecule has 1 heterocycles. The van der Waals surface area contributed by atoms with Crippen molar-refractivity contribution in [3.05, 3.63) is 95.2 Å². The lowest BCUT2D eigenvalue weighted by molar-refractivity contribution is -0.137. The number of carbonyl (C=O) groups is 2. The van der Waals surface area contributed by atoms with Crippen molar-refractivity contribution in [2.45, 2.75) is 33.4 Å². The summed E-state index contributed by atoms with van der Waals surface area (Å²) in [5, 5.41) is 3.19. The molecule has 0 radical (unpaired) electrons. The lowest BCUT2D eigenvalue weighted by Crippen LogP contribution is -2.32. The van der Waals surface area contributed by atoms with Crippen LogP contribution in [0.4, 0.5) is 5.69 Å². The first-order chi connectivity index (χ1) is 16.4. The molecule has 0 aliphatic carbocycles. The van der Waals surface area contributed by atoms with Gasteiger partial charge in [-0.15, -0.1) is 0 Å². The molecule has 4 rings (SSSR count). The normalized spacial score (nSPS) is 13.6. The van der Waals surface area contributed by atoms with Gasteiger partial charge in [-0.2, -0.15) is 0 Å². The molecule has 6 nitrogen and oxygen atoms in total. The van der Waals surface area contributed by atoms with Gasteiger partial charge >= 0.3 is 0 Å². The van der Waals surface area contributed by atoms with Gasteiger partial charge in [0.25, 0.3) is 11.8 Å². The predicted molar refractivity (Wildman–Crippen MR) is 132 cm³/mol. The van der Waals surface area contributed by atoms with Crippen LogP contribution in [0, 0.1) is 6.92 Å². The zero-order valence-electron chi connectivity index (χ0n) is 19.8. The Balaban J connectivity index is 1.66. The fourth-order valence-corrected chi connectivity index (χ4v) is 3.77. The summed E-state index contributed by atoms with van der Waals surface area (Å²) in [5.41, 5.74) is 3.93. The van der Waals surface area contributed by atoms with E-state index in [-0.39, 0.29) is 30.2 Å². The third-order valence-electron chi connectivity index (χ3n) is 5.50. The van der Waals surface area contributed by atoms with Gasteiger partial charge in [0.05, 0.1) is 25.3 Å². The molecule has 34 heavy (non-hydrogen) atoms. The Morgan fingerprint density at radius 2 is 1.44 bits per heavy atom. The van der Waals surface area contributed by atoms with Crippen LogP contribution in [-0.2, 0) is 16.1 Å². The second-order valence-corrected chi connectivity index (χ2v) is 8.48. The van der Waals surface area contributed by atoms with Crippen LogP contribution in [0.5, 0.6) is 11.5 Å². The van der Waals surface area contributed by atoms with Crippen molar-refractivity contribution in [3.63, 3.8) is 0 Å². The molecule has 1 aliphatic rings. The summed E-state index contributed by atoms with van der Waals surface area (Å²) in [6, 6.07) is 22.3. The maximum Gasteiger partial charge on any atom is 0.278 e. The zero-order valence-corrected chi connectivity index (χ0v) is 19.8. The molecule has 3 aromatic carbocycles. The molecule has 0 aromatic heterocycles. The molecular weight excluding hydrogens is 428 g/mol. The van der Waals surface area contributed by atoms with E-state index in [9.17, 15) is 9.59 Å². The van der Waals surface area contributed by atoms with E-state index in [1.54, 1.807) is 7.11 Å². The molecule has 0 unspecified atom stereocenters. The van der Waals surface area contributed by atoms with Crippen LogP contribution in [-0.4, -0.2) is 29.9 Å². The molecule has 2 amide bonds. The first kappa shape index (κ1) is 23.1. The summed E-state index contributed by atoms with van der Waals surface area (Å²) >= 11 is 0. The monoisotopic (exact) mass is 456 g/mol.